The van der Waals surface area contributed by atoms with Crippen LogP contribution in [0.4, 0.5) is 0 Å². The third kappa shape index (κ3) is 10.6. The number of ether oxygens (including phenoxy) is 1. The van der Waals surface area contributed by atoms with E-state index in [4.69, 9.17) is 4.74 Å². The number of carbonyl (C=O) groups is 5. The van der Waals surface area contributed by atoms with E-state index in [0.717, 1.165) is 5.56 Å². The highest BCUT2D eigenvalue weighted by molar-refractivity contribution is 5.94. The zero-order valence-electron chi connectivity index (χ0n) is 26.9. The minimum absolute atomic E-state index is 0.0764. The lowest BCUT2D eigenvalue weighted by molar-refractivity contribution is -0.141. The number of likely N-dealkylation sites (N-methyl/N-ethyl adjacent to an activating group) is 1. The molecule has 0 spiro atoms. The quantitative estimate of drug-likeness (QED) is 0.446. The van der Waals surface area contributed by atoms with Crippen molar-refractivity contribution in [3.63, 3.8) is 0 Å². The Morgan fingerprint density at radius 2 is 1.69 bits per heavy atom. The van der Waals surface area contributed by atoms with Crippen molar-refractivity contribution < 1.29 is 28.7 Å². The summed E-state index contributed by atoms with van der Waals surface area (Å²) in [4.78, 5) is 73.8. The Labute approximate surface area is 265 Å². The first-order valence-corrected chi connectivity index (χ1v) is 15.5. The number of methoxy groups -OCH3 is 1. The molecule has 3 atom stereocenters. The normalized spacial score (nSPS) is 21.3. The van der Waals surface area contributed by atoms with E-state index in [1.807, 2.05) is 26.0 Å². The van der Waals surface area contributed by atoms with Crippen molar-refractivity contribution in [2.24, 2.45) is 5.92 Å². The molecule has 1 aliphatic rings. The average Bonchev–Trinajstić information content (AvgIpc) is 3.03. The zero-order chi connectivity index (χ0) is 32.9. The summed E-state index contributed by atoms with van der Waals surface area (Å²) in [5, 5.41) is 8.57. The first-order chi connectivity index (χ1) is 21.5. The van der Waals surface area contributed by atoms with Gasteiger partial charge in [-0.2, -0.15) is 0 Å². The number of carbonyl (C=O) groups excluding carboxylic acids is 5. The van der Waals surface area contributed by atoms with Crippen molar-refractivity contribution in [1.29, 1.82) is 0 Å². The molecule has 1 saturated heterocycles. The van der Waals surface area contributed by atoms with Gasteiger partial charge in [0.05, 0.1) is 7.11 Å². The summed E-state index contributed by atoms with van der Waals surface area (Å²) in [6.45, 7) is 6.43. The third-order valence-corrected chi connectivity index (χ3v) is 7.79. The van der Waals surface area contributed by atoms with Crippen LogP contribution in [0.5, 0.6) is 5.75 Å². The molecular formula is C33H46N6O6. The van der Waals surface area contributed by atoms with Crippen LogP contribution in [0.1, 0.15) is 62.5 Å². The topological polar surface area (TPSA) is 150 Å². The summed E-state index contributed by atoms with van der Waals surface area (Å²) in [6, 6.07) is 9.58. The Kier molecular flexibility index (Phi) is 13.3. The van der Waals surface area contributed by atoms with Crippen LogP contribution in [0.3, 0.4) is 0 Å². The summed E-state index contributed by atoms with van der Waals surface area (Å²) in [5.74, 6) is -1.13. The molecule has 0 saturated carbocycles. The SMILES string of the molecule is COc1ccc(C[C@@H]2NC(=O)[C@@H](CC(C)C)NC(=O)CCCN(C(=O)c3ccccn3)CCCNC(=O)[C@H](C)N(C)C2=O)cc1. The fraction of sp³-hybridized carbons (Fsp3) is 0.515. The number of nitrogens with one attached hydrogen (secondary N) is 3. The van der Waals surface area contributed by atoms with Crippen molar-refractivity contribution >= 4 is 29.5 Å². The van der Waals surface area contributed by atoms with Gasteiger partial charge in [-0.3, -0.25) is 29.0 Å². The molecule has 1 aromatic carbocycles. The van der Waals surface area contributed by atoms with Gasteiger partial charge in [-0.25, -0.2) is 0 Å². The van der Waals surface area contributed by atoms with Crippen LogP contribution >= 0.6 is 0 Å². The number of rotatable bonds is 6. The van der Waals surface area contributed by atoms with E-state index in [2.05, 4.69) is 20.9 Å². The highest BCUT2D eigenvalue weighted by Crippen LogP contribution is 2.15. The Morgan fingerprint density at radius 3 is 2.33 bits per heavy atom. The Balaban J connectivity index is 1.86. The van der Waals surface area contributed by atoms with E-state index in [0.29, 0.717) is 43.8 Å². The minimum atomic E-state index is -0.984. The van der Waals surface area contributed by atoms with Crippen LogP contribution in [0, 0.1) is 5.92 Å². The van der Waals surface area contributed by atoms with Crippen molar-refractivity contribution in [2.45, 2.75) is 71.0 Å². The van der Waals surface area contributed by atoms with Gasteiger partial charge in [0.1, 0.15) is 29.6 Å². The average molecular weight is 623 g/mol. The molecular weight excluding hydrogens is 576 g/mol. The molecule has 1 aromatic heterocycles. The number of amides is 5. The molecule has 0 radical (unpaired) electrons. The lowest BCUT2D eigenvalue weighted by Gasteiger charge is -2.30. The van der Waals surface area contributed by atoms with Gasteiger partial charge in [-0.05, 0) is 61.9 Å². The van der Waals surface area contributed by atoms with Crippen LogP contribution in [-0.4, -0.2) is 96.2 Å². The maximum absolute atomic E-state index is 13.8. The molecule has 0 unspecified atom stereocenters. The first-order valence-electron chi connectivity index (χ1n) is 15.5. The van der Waals surface area contributed by atoms with E-state index in [9.17, 15) is 24.0 Å². The Bertz CT molecular complexity index is 1300. The van der Waals surface area contributed by atoms with E-state index in [-0.39, 0.29) is 43.0 Å². The zero-order valence-corrected chi connectivity index (χ0v) is 26.9. The molecule has 2 heterocycles. The number of aromatic nitrogens is 1. The van der Waals surface area contributed by atoms with Crippen molar-refractivity contribution in [2.75, 3.05) is 33.8 Å². The lowest BCUT2D eigenvalue weighted by Crippen LogP contribution is -2.57. The summed E-state index contributed by atoms with van der Waals surface area (Å²) in [6.07, 6.45) is 3.01. The second-order valence-electron chi connectivity index (χ2n) is 11.7. The molecule has 244 valence electrons. The third-order valence-electron chi connectivity index (χ3n) is 7.79. The first kappa shape index (κ1) is 35.0. The minimum Gasteiger partial charge on any atom is -0.497 e. The fourth-order valence-electron chi connectivity index (χ4n) is 5.08. The largest absolute Gasteiger partial charge is 0.497 e. The number of nitrogens with zero attached hydrogens (tertiary/aromatic N) is 3. The van der Waals surface area contributed by atoms with Crippen LogP contribution in [0.15, 0.2) is 48.7 Å². The summed E-state index contributed by atoms with van der Waals surface area (Å²) >= 11 is 0. The summed E-state index contributed by atoms with van der Waals surface area (Å²) in [5.41, 5.74) is 1.08. The number of pyridine rings is 1. The smallest absolute Gasteiger partial charge is 0.272 e. The molecule has 3 N–H and O–H groups in total. The van der Waals surface area contributed by atoms with Gasteiger partial charge in [0.2, 0.25) is 23.6 Å². The maximum Gasteiger partial charge on any atom is 0.272 e. The fourth-order valence-corrected chi connectivity index (χ4v) is 5.08. The van der Waals surface area contributed by atoms with Gasteiger partial charge < -0.3 is 30.5 Å². The van der Waals surface area contributed by atoms with Crippen molar-refractivity contribution in [1.82, 2.24) is 30.7 Å². The monoisotopic (exact) mass is 622 g/mol. The van der Waals surface area contributed by atoms with Gasteiger partial charge >= 0.3 is 0 Å². The van der Waals surface area contributed by atoms with E-state index in [1.54, 1.807) is 55.5 Å². The Hall–Kier alpha value is -4.48. The van der Waals surface area contributed by atoms with E-state index < -0.39 is 29.9 Å². The predicted molar refractivity (Wildman–Crippen MR) is 169 cm³/mol. The standard InChI is InChI=1S/C33H46N6O6/c1-22(2)20-27-31(42)37-28(21-24-12-14-25(45-5)15-13-24)32(43)38(4)23(3)30(41)35-17-9-19-39(18-8-11-29(40)36-27)33(44)26-10-6-7-16-34-26/h6-7,10,12-16,22-23,27-28H,8-9,11,17-21H2,1-5H3,(H,35,41)(H,36,40)(H,37,42)/t23-,27+,28-/m0/s1. The second-order valence-corrected chi connectivity index (χ2v) is 11.7. The van der Waals surface area contributed by atoms with E-state index in [1.165, 1.54) is 11.9 Å². The van der Waals surface area contributed by atoms with Crippen molar-refractivity contribution in [3.8, 4) is 5.75 Å². The lowest BCUT2D eigenvalue weighted by atomic mass is 10.00. The van der Waals surface area contributed by atoms with Gasteiger partial charge in [-0.1, -0.05) is 32.0 Å². The number of hydrogen-bond donors (Lipinski definition) is 3. The van der Waals surface area contributed by atoms with Crippen LogP contribution in [0.2, 0.25) is 0 Å². The van der Waals surface area contributed by atoms with Gasteiger partial charge in [0.15, 0.2) is 0 Å². The summed E-state index contributed by atoms with van der Waals surface area (Å²) in [7, 11) is 3.09. The molecule has 3 rings (SSSR count). The van der Waals surface area contributed by atoms with Gasteiger partial charge in [0, 0.05) is 45.7 Å². The van der Waals surface area contributed by atoms with Crippen LogP contribution in [0.25, 0.3) is 0 Å². The molecule has 2 aromatic rings. The molecule has 0 bridgehead atoms. The van der Waals surface area contributed by atoms with Crippen LogP contribution in [-0.2, 0) is 25.6 Å². The number of benzene rings is 1. The number of hydrogen-bond acceptors (Lipinski definition) is 7. The maximum atomic E-state index is 13.8. The van der Waals surface area contributed by atoms with Gasteiger partial charge in [0.25, 0.3) is 5.91 Å². The molecule has 12 heteroatoms. The molecule has 12 nitrogen and oxygen atoms in total. The second kappa shape index (κ2) is 17.1. The summed E-state index contributed by atoms with van der Waals surface area (Å²) < 4.78 is 5.24. The highest BCUT2D eigenvalue weighted by Gasteiger charge is 2.32. The molecule has 1 aliphatic heterocycles. The molecule has 1 fully saturated rings. The Morgan fingerprint density at radius 1 is 0.978 bits per heavy atom. The molecule has 45 heavy (non-hydrogen) atoms. The van der Waals surface area contributed by atoms with Crippen molar-refractivity contribution in [3.05, 3.63) is 59.9 Å². The van der Waals surface area contributed by atoms with Gasteiger partial charge in [-0.15, -0.1) is 0 Å². The molecule has 0 aliphatic carbocycles. The van der Waals surface area contributed by atoms with Crippen LogP contribution < -0.4 is 20.7 Å². The highest BCUT2D eigenvalue weighted by atomic mass is 16.5. The predicted octanol–water partition coefficient (Wildman–Crippen LogP) is 1.94. The van der Waals surface area contributed by atoms with E-state index >= 15 is 0 Å². The molecule has 5 amide bonds.